The highest BCUT2D eigenvalue weighted by atomic mass is 16.5. The van der Waals surface area contributed by atoms with E-state index >= 15 is 0 Å². The van der Waals surface area contributed by atoms with Gasteiger partial charge in [-0.25, -0.2) is 0 Å². The highest BCUT2D eigenvalue weighted by molar-refractivity contribution is 5.75. The van der Waals surface area contributed by atoms with E-state index in [1.165, 1.54) is 4.80 Å². The smallest absolute Gasteiger partial charge is 0.246 e. The molecule has 1 aromatic carbocycles. The van der Waals surface area contributed by atoms with Crippen LogP contribution >= 0.6 is 0 Å². The number of pyridine rings is 1. The number of carbonyl (C=O) groups is 1. The summed E-state index contributed by atoms with van der Waals surface area (Å²) in [6.07, 6.45) is 5.55. The van der Waals surface area contributed by atoms with Gasteiger partial charge in [-0.2, -0.15) is 4.80 Å². The number of tetrazole rings is 1. The molecule has 0 N–H and O–H groups in total. The fraction of sp³-hybridized carbons (Fsp3) is 0.350. The first kappa shape index (κ1) is 18.2. The van der Waals surface area contributed by atoms with E-state index in [1.54, 1.807) is 17.3 Å². The van der Waals surface area contributed by atoms with Crippen LogP contribution in [0.4, 0.5) is 0 Å². The number of nitrogens with zero attached hydrogens (tertiary/aromatic N) is 6. The van der Waals surface area contributed by atoms with E-state index < -0.39 is 0 Å². The minimum Gasteiger partial charge on any atom is -0.376 e. The maximum Gasteiger partial charge on any atom is 0.246 e. The molecule has 3 aromatic rings. The van der Waals surface area contributed by atoms with Gasteiger partial charge in [0.05, 0.1) is 6.10 Å². The zero-order valence-electron chi connectivity index (χ0n) is 15.5. The number of rotatable bonds is 7. The van der Waals surface area contributed by atoms with Crippen molar-refractivity contribution in [3.05, 3.63) is 60.4 Å². The Morgan fingerprint density at radius 2 is 2.00 bits per heavy atom. The minimum atomic E-state index is -0.0654. The van der Waals surface area contributed by atoms with Crippen molar-refractivity contribution in [3.8, 4) is 11.4 Å². The Bertz CT molecular complexity index is 893. The lowest BCUT2D eigenvalue weighted by atomic mass is 10.2. The molecule has 1 atom stereocenters. The fourth-order valence-corrected chi connectivity index (χ4v) is 3.23. The average molecular weight is 378 g/mol. The van der Waals surface area contributed by atoms with E-state index in [0.29, 0.717) is 18.9 Å². The summed E-state index contributed by atoms with van der Waals surface area (Å²) in [5, 5.41) is 12.5. The molecule has 28 heavy (non-hydrogen) atoms. The van der Waals surface area contributed by atoms with Crippen molar-refractivity contribution in [2.24, 2.45) is 0 Å². The molecule has 144 valence electrons. The zero-order chi connectivity index (χ0) is 19.2. The van der Waals surface area contributed by atoms with Crippen molar-refractivity contribution < 1.29 is 9.53 Å². The number of benzene rings is 1. The number of carbonyl (C=O) groups excluding carboxylic acids is 1. The van der Waals surface area contributed by atoms with Crippen LogP contribution in [0.1, 0.15) is 18.4 Å². The molecule has 0 unspecified atom stereocenters. The molecule has 0 radical (unpaired) electrons. The Morgan fingerprint density at radius 1 is 1.18 bits per heavy atom. The maximum absolute atomic E-state index is 13.0. The average Bonchev–Trinajstić information content (AvgIpc) is 3.41. The van der Waals surface area contributed by atoms with Crippen molar-refractivity contribution in [2.75, 3.05) is 13.2 Å². The van der Waals surface area contributed by atoms with Crippen LogP contribution in [0.5, 0.6) is 0 Å². The monoisotopic (exact) mass is 378 g/mol. The molecule has 0 spiro atoms. The molecule has 0 aliphatic carbocycles. The van der Waals surface area contributed by atoms with Crippen LogP contribution in [0, 0.1) is 0 Å². The summed E-state index contributed by atoms with van der Waals surface area (Å²) in [6, 6.07) is 13.4. The second-order valence-corrected chi connectivity index (χ2v) is 6.77. The Morgan fingerprint density at radius 3 is 2.75 bits per heavy atom. The number of aromatic nitrogens is 5. The third-order valence-electron chi connectivity index (χ3n) is 4.69. The van der Waals surface area contributed by atoms with Gasteiger partial charge < -0.3 is 9.64 Å². The molecule has 1 fully saturated rings. The topological polar surface area (TPSA) is 86.0 Å². The first-order chi connectivity index (χ1) is 13.8. The summed E-state index contributed by atoms with van der Waals surface area (Å²) in [5.74, 6) is 0.442. The van der Waals surface area contributed by atoms with Crippen molar-refractivity contribution in [3.63, 3.8) is 0 Å². The zero-order valence-corrected chi connectivity index (χ0v) is 15.5. The van der Waals surface area contributed by atoms with E-state index in [4.69, 9.17) is 4.74 Å². The van der Waals surface area contributed by atoms with Gasteiger partial charge in [0.25, 0.3) is 0 Å². The van der Waals surface area contributed by atoms with E-state index in [9.17, 15) is 4.79 Å². The molecule has 1 amide bonds. The molecule has 1 saturated heterocycles. The highest BCUT2D eigenvalue weighted by Gasteiger charge is 2.23. The van der Waals surface area contributed by atoms with E-state index in [0.717, 1.165) is 30.6 Å². The van der Waals surface area contributed by atoms with Crippen LogP contribution < -0.4 is 0 Å². The van der Waals surface area contributed by atoms with Crippen LogP contribution in [0.15, 0.2) is 54.9 Å². The predicted octanol–water partition coefficient (Wildman–Crippen LogP) is 1.94. The number of ether oxygens (including phenoxy) is 1. The summed E-state index contributed by atoms with van der Waals surface area (Å²) >= 11 is 0. The normalized spacial score (nSPS) is 16.2. The molecule has 8 heteroatoms. The molecule has 8 nitrogen and oxygen atoms in total. The lowest BCUT2D eigenvalue weighted by Crippen LogP contribution is -2.39. The standard InChI is InChI=1S/C20H22N6O2/c27-19(15-26-23-20(22-24-26)17-5-2-1-3-6-17)25(14-18-7-4-12-28-18)13-16-8-10-21-11-9-16/h1-3,5-6,8-11,18H,4,7,12-15H2/t18-/m1/s1. The molecule has 3 heterocycles. The van der Waals surface area contributed by atoms with Crippen LogP contribution in [-0.4, -0.2) is 55.3 Å². The van der Waals surface area contributed by atoms with Gasteiger partial charge >= 0.3 is 0 Å². The SMILES string of the molecule is O=C(Cn1nnc(-c2ccccc2)n1)N(Cc1ccncc1)C[C@H]1CCCO1. The Labute approximate surface area is 163 Å². The predicted molar refractivity (Wildman–Crippen MR) is 102 cm³/mol. The number of hydrogen-bond acceptors (Lipinski definition) is 6. The van der Waals surface area contributed by atoms with Gasteiger partial charge in [-0.1, -0.05) is 30.3 Å². The Balaban J connectivity index is 1.46. The first-order valence-electron chi connectivity index (χ1n) is 9.39. The van der Waals surface area contributed by atoms with Crippen LogP contribution in [0.25, 0.3) is 11.4 Å². The number of hydrogen-bond donors (Lipinski definition) is 0. The maximum atomic E-state index is 13.0. The fourth-order valence-electron chi connectivity index (χ4n) is 3.23. The van der Waals surface area contributed by atoms with E-state index in [-0.39, 0.29) is 18.6 Å². The Hall–Kier alpha value is -3.13. The quantitative estimate of drug-likeness (QED) is 0.625. The van der Waals surface area contributed by atoms with Crippen molar-refractivity contribution in [1.29, 1.82) is 0 Å². The Kier molecular flexibility index (Phi) is 5.67. The molecule has 0 bridgehead atoms. The van der Waals surface area contributed by atoms with E-state index in [1.807, 2.05) is 42.5 Å². The van der Waals surface area contributed by atoms with Gasteiger partial charge in [-0.15, -0.1) is 10.2 Å². The summed E-state index contributed by atoms with van der Waals surface area (Å²) in [5.41, 5.74) is 1.90. The summed E-state index contributed by atoms with van der Waals surface area (Å²) in [4.78, 5) is 20.2. The minimum absolute atomic E-state index is 0.0393. The van der Waals surface area contributed by atoms with Crippen LogP contribution in [-0.2, 0) is 22.6 Å². The van der Waals surface area contributed by atoms with Gasteiger partial charge in [0.15, 0.2) is 0 Å². The number of amides is 1. The van der Waals surface area contributed by atoms with Gasteiger partial charge in [0.1, 0.15) is 6.54 Å². The largest absolute Gasteiger partial charge is 0.376 e. The molecule has 1 aliphatic rings. The summed E-state index contributed by atoms with van der Waals surface area (Å²) in [6.45, 7) is 1.85. The van der Waals surface area contributed by atoms with Crippen molar-refractivity contribution in [2.45, 2.75) is 32.0 Å². The molecule has 2 aromatic heterocycles. The van der Waals surface area contributed by atoms with Crippen LogP contribution in [0.3, 0.4) is 0 Å². The summed E-state index contributed by atoms with van der Waals surface area (Å²) in [7, 11) is 0. The van der Waals surface area contributed by atoms with Gasteiger partial charge in [0.2, 0.25) is 11.7 Å². The van der Waals surface area contributed by atoms with Crippen molar-refractivity contribution >= 4 is 5.91 Å². The van der Waals surface area contributed by atoms with Gasteiger partial charge in [0, 0.05) is 37.7 Å². The first-order valence-corrected chi connectivity index (χ1v) is 9.39. The molecule has 4 rings (SSSR count). The third kappa shape index (κ3) is 4.58. The highest BCUT2D eigenvalue weighted by Crippen LogP contribution is 2.16. The molecular weight excluding hydrogens is 356 g/mol. The molecule has 0 saturated carbocycles. The van der Waals surface area contributed by atoms with E-state index in [2.05, 4.69) is 20.4 Å². The second-order valence-electron chi connectivity index (χ2n) is 6.77. The van der Waals surface area contributed by atoms with Crippen molar-refractivity contribution in [1.82, 2.24) is 30.1 Å². The van der Waals surface area contributed by atoms with Gasteiger partial charge in [-0.05, 0) is 35.8 Å². The van der Waals surface area contributed by atoms with Crippen LogP contribution in [0.2, 0.25) is 0 Å². The second kappa shape index (κ2) is 8.71. The third-order valence-corrected chi connectivity index (χ3v) is 4.69. The molecule has 1 aliphatic heterocycles. The lowest BCUT2D eigenvalue weighted by Gasteiger charge is -2.25. The molecular formula is C20H22N6O2. The lowest BCUT2D eigenvalue weighted by molar-refractivity contribution is -0.134. The van der Waals surface area contributed by atoms with Gasteiger partial charge in [-0.3, -0.25) is 9.78 Å². The summed E-state index contributed by atoms with van der Waals surface area (Å²) < 4.78 is 5.73.